The Morgan fingerprint density at radius 1 is 1.23 bits per heavy atom. The maximum absolute atomic E-state index is 9.83. The number of nitrogens with zero attached hydrogens (tertiary/aromatic N) is 3. The Morgan fingerprint density at radius 3 is 2.85 bits per heavy atom. The third kappa shape index (κ3) is 1.88. The minimum atomic E-state index is -0.246. The highest BCUT2D eigenvalue weighted by Gasteiger charge is 2.23. The van der Waals surface area contributed by atoms with Gasteiger partial charge in [-0.15, -0.1) is 0 Å². The monoisotopic (exact) mass is 181 g/mol. The third-order valence-electron chi connectivity index (χ3n) is 2.72. The summed E-state index contributed by atoms with van der Waals surface area (Å²) in [6, 6.07) is 0.144. The fourth-order valence-electron chi connectivity index (χ4n) is 1.97. The van der Waals surface area contributed by atoms with Crippen molar-refractivity contribution in [2.24, 2.45) is 0 Å². The molecule has 4 nitrogen and oxygen atoms in total. The highest BCUT2D eigenvalue weighted by Crippen LogP contribution is 2.26. The van der Waals surface area contributed by atoms with Crippen LogP contribution in [0, 0.1) is 0 Å². The minimum absolute atomic E-state index is 0.144. The third-order valence-corrected chi connectivity index (χ3v) is 2.72. The van der Waals surface area contributed by atoms with E-state index in [0.717, 1.165) is 19.3 Å². The summed E-state index contributed by atoms with van der Waals surface area (Å²) < 4.78 is 1.79. The molecule has 0 spiro atoms. The van der Waals surface area contributed by atoms with Crippen molar-refractivity contribution in [2.45, 2.75) is 44.2 Å². The Labute approximate surface area is 77.6 Å². The molecule has 2 atom stereocenters. The molecule has 1 heterocycles. The van der Waals surface area contributed by atoms with Crippen LogP contribution < -0.4 is 0 Å². The van der Waals surface area contributed by atoms with Crippen molar-refractivity contribution >= 4 is 0 Å². The van der Waals surface area contributed by atoms with Crippen LogP contribution in [0.3, 0.4) is 0 Å². The SMILES string of the molecule is O[C@@H]1CCCCC[C@H]1n1cncn1. The molecular formula is C9H15N3O. The average Bonchev–Trinajstić information content (AvgIpc) is 2.56. The van der Waals surface area contributed by atoms with Crippen LogP contribution in [0.5, 0.6) is 0 Å². The molecule has 0 saturated heterocycles. The lowest BCUT2D eigenvalue weighted by atomic mass is 10.1. The van der Waals surface area contributed by atoms with Gasteiger partial charge in [0.05, 0.1) is 12.1 Å². The van der Waals surface area contributed by atoms with Crippen LogP contribution >= 0.6 is 0 Å². The predicted molar refractivity (Wildman–Crippen MR) is 48.2 cm³/mol. The quantitative estimate of drug-likeness (QED) is 0.661. The molecule has 0 amide bonds. The van der Waals surface area contributed by atoms with Gasteiger partial charge in [-0.2, -0.15) is 5.10 Å². The van der Waals surface area contributed by atoms with Crippen LogP contribution in [0.1, 0.15) is 38.1 Å². The Kier molecular flexibility index (Phi) is 2.59. The Hall–Kier alpha value is -0.900. The van der Waals surface area contributed by atoms with Crippen LogP contribution in [0.15, 0.2) is 12.7 Å². The number of aliphatic hydroxyl groups is 1. The Bertz CT molecular complexity index is 247. The summed E-state index contributed by atoms with van der Waals surface area (Å²) in [6.45, 7) is 0. The molecule has 2 rings (SSSR count). The van der Waals surface area contributed by atoms with E-state index < -0.39 is 0 Å². The molecule has 4 heteroatoms. The number of rotatable bonds is 1. The molecule has 1 aromatic rings. The van der Waals surface area contributed by atoms with Crippen LogP contribution in [0.2, 0.25) is 0 Å². The summed E-state index contributed by atoms with van der Waals surface area (Å²) in [5, 5.41) is 13.9. The number of aromatic nitrogens is 3. The molecule has 1 aliphatic rings. The lowest BCUT2D eigenvalue weighted by Crippen LogP contribution is -2.23. The summed E-state index contributed by atoms with van der Waals surface area (Å²) in [6.07, 6.45) is 8.42. The molecule has 0 aromatic carbocycles. The molecule has 13 heavy (non-hydrogen) atoms. The largest absolute Gasteiger partial charge is 0.391 e. The second-order valence-corrected chi connectivity index (χ2v) is 3.65. The summed E-state index contributed by atoms with van der Waals surface area (Å²) in [7, 11) is 0. The zero-order valence-corrected chi connectivity index (χ0v) is 7.63. The van der Waals surface area contributed by atoms with Crippen molar-refractivity contribution in [3.8, 4) is 0 Å². The lowest BCUT2D eigenvalue weighted by Gasteiger charge is -2.19. The maximum Gasteiger partial charge on any atom is 0.137 e. The van der Waals surface area contributed by atoms with E-state index in [-0.39, 0.29) is 12.1 Å². The van der Waals surface area contributed by atoms with Crippen molar-refractivity contribution in [1.29, 1.82) is 0 Å². The fourth-order valence-corrected chi connectivity index (χ4v) is 1.97. The highest BCUT2D eigenvalue weighted by atomic mass is 16.3. The first kappa shape index (κ1) is 8.69. The van der Waals surface area contributed by atoms with Gasteiger partial charge >= 0.3 is 0 Å². The fraction of sp³-hybridized carbons (Fsp3) is 0.778. The maximum atomic E-state index is 9.83. The molecule has 1 N–H and O–H groups in total. The summed E-state index contributed by atoms with van der Waals surface area (Å²) in [4.78, 5) is 3.90. The first-order chi connectivity index (χ1) is 6.38. The molecule has 0 bridgehead atoms. The second kappa shape index (κ2) is 3.87. The molecule has 0 aliphatic heterocycles. The zero-order chi connectivity index (χ0) is 9.10. The Balaban J connectivity index is 2.11. The normalized spacial score (nSPS) is 29.9. The van der Waals surface area contributed by atoms with Gasteiger partial charge in [-0.25, -0.2) is 9.67 Å². The Morgan fingerprint density at radius 2 is 2.08 bits per heavy atom. The molecule has 72 valence electrons. The van der Waals surface area contributed by atoms with Crippen LogP contribution in [-0.4, -0.2) is 26.0 Å². The molecule has 1 aromatic heterocycles. The molecule has 1 saturated carbocycles. The van der Waals surface area contributed by atoms with E-state index in [0.29, 0.717) is 0 Å². The van der Waals surface area contributed by atoms with Gasteiger partial charge in [-0.1, -0.05) is 19.3 Å². The predicted octanol–water partition coefficient (Wildman–Crippen LogP) is 1.14. The van der Waals surface area contributed by atoms with Gasteiger partial charge < -0.3 is 5.11 Å². The van der Waals surface area contributed by atoms with Crippen molar-refractivity contribution in [1.82, 2.24) is 14.8 Å². The molecule has 0 unspecified atom stereocenters. The summed E-state index contributed by atoms with van der Waals surface area (Å²) in [5.41, 5.74) is 0. The zero-order valence-electron chi connectivity index (χ0n) is 7.63. The van der Waals surface area contributed by atoms with E-state index in [4.69, 9.17) is 0 Å². The van der Waals surface area contributed by atoms with Crippen LogP contribution in [0.4, 0.5) is 0 Å². The molecule has 1 aliphatic carbocycles. The van der Waals surface area contributed by atoms with E-state index in [1.54, 1.807) is 11.0 Å². The number of hydrogen-bond acceptors (Lipinski definition) is 3. The molecular weight excluding hydrogens is 166 g/mol. The van der Waals surface area contributed by atoms with Crippen molar-refractivity contribution in [3.05, 3.63) is 12.7 Å². The average molecular weight is 181 g/mol. The van der Waals surface area contributed by atoms with Crippen LogP contribution in [-0.2, 0) is 0 Å². The number of hydrogen-bond donors (Lipinski definition) is 1. The summed E-state index contributed by atoms with van der Waals surface area (Å²) in [5.74, 6) is 0. The second-order valence-electron chi connectivity index (χ2n) is 3.65. The van der Waals surface area contributed by atoms with E-state index >= 15 is 0 Å². The van der Waals surface area contributed by atoms with Gasteiger partial charge in [0.25, 0.3) is 0 Å². The first-order valence-corrected chi connectivity index (χ1v) is 4.90. The lowest BCUT2D eigenvalue weighted by molar-refractivity contribution is 0.0989. The van der Waals surface area contributed by atoms with Crippen molar-refractivity contribution in [3.63, 3.8) is 0 Å². The van der Waals surface area contributed by atoms with E-state index in [1.165, 1.54) is 19.2 Å². The van der Waals surface area contributed by atoms with Crippen LogP contribution in [0.25, 0.3) is 0 Å². The van der Waals surface area contributed by atoms with E-state index in [1.807, 2.05) is 0 Å². The van der Waals surface area contributed by atoms with Gasteiger partial charge in [0.1, 0.15) is 12.7 Å². The summed E-state index contributed by atoms with van der Waals surface area (Å²) >= 11 is 0. The van der Waals surface area contributed by atoms with Gasteiger partial charge in [0.15, 0.2) is 0 Å². The highest BCUT2D eigenvalue weighted by molar-refractivity contribution is 4.78. The number of aliphatic hydroxyl groups excluding tert-OH is 1. The van der Waals surface area contributed by atoms with Gasteiger partial charge in [-0.3, -0.25) is 0 Å². The molecule has 1 fully saturated rings. The van der Waals surface area contributed by atoms with E-state index in [9.17, 15) is 5.11 Å². The minimum Gasteiger partial charge on any atom is -0.391 e. The van der Waals surface area contributed by atoms with Gasteiger partial charge in [0.2, 0.25) is 0 Å². The van der Waals surface area contributed by atoms with Crippen molar-refractivity contribution in [2.75, 3.05) is 0 Å². The smallest absolute Gasteiger partial charge is 0.137 e. The van der Waals surface area contributed by atoms with Gasteiger partial charge in [-0.05, 0) is 12.8 Å². The van der Waals surface area contributed by atoms with Gasteiger partial charge in [0, 0.05) is 0 Å². The van der Waals surface area contributed by atoms with Crippen molar-refractivity contribution < 1.29 is 5.11 Å². The molecule has 0 radical (unpaired) electrons. The van der Waals surface area contributed by atoms with E-state index in [2.05, 4.69) is 10.1 Å². The topological polar surface area (TPSA) is 50.9 Å². The standard InChI is InChI=1S/C9H15N3O/c13-9-5-3-1-2-4-8(9)12-7-10-6-11-12/h6-9,13H,1-5H2/t8-,9-/m1/s1. The first-order valence-electron chi connectivity index (χ1n) is 4.90.